The fourth-order valence-electron chi connectivity index (χ4n) is 2.65. The summed E-state index contributed by atoms with van der Waals surface area (Å²) < 4.78 is 42.5. The van der Waals surface area contributed by atoms with Crippen molar-refractivity contribution in [2.75, 3.05) is 19.7 Å². The van der Waals surface area contributed by atoms with Gasteiger partial charge in [-0.25, -0.2) is 9.79 Å². The highest BCUT2D eigenvalue weighted by atomic mass is 127. The maximum atomic E-state index is 12.5. The Hall–Kier alpha value is -1.72. The summed E-state index contributed by atoms with van der Waals surface area (Å²) in [7, 11) is 0. The number of piperidine rings is 1. The fourth-order valence-corrected chi connectivity index (χ4v) is 2.65. The van der Waals surface area contributed by atoms with Crippen LogP contribution in [0.3, 0.4) is 0 Å². The van der Waals surface area contributed by atoms with Crippen molar-refractivity contribution in [2.45, 2.75) is 38.5 Å². The Bertz CT molecular complexity index is 630. The van der Waals surface area contributed by atoms with E-state index in [1.807, 2.05) is 0 Å². The second kappa shape index (κ2) is 10.6. The third-order valence-corrected chi connectivity index (χ3v) is 4.09. The maximum absolute atomic E-state index is 12.5. The minimum Gasteiger partial charge on any atom is -0.450 e. The molecule has 1 fully saturated rings. The lowest BCUT2D eigenvalue weighted by Crippen LogP contribution is -2.48. The summed E-state index contributed by atoms with van der Waals surface area (Å²) in [6.07, 6.45) is -3.22. The number of rotatable bonds is 4. The molecule has 6 nitrogen and oxygen atoms in total. The van der Waals surface area contributed by atoms with Gasteiger partial charge in [-0.2, -0.15) is 13.2 Å². The summed E-state index contributed by atoms with van der Waals surface area (Å²) in [6, 6.07) is 4.92. The van der Waals surface area contributed by atoms with Crippen LogP contribution in [0.2, 0.25) is 0 Å². The summed E-state index contributed by atoms with van der Waals surface area (Å²) >= 11 is 0. The maximum Gasteiger partial charge on any atom is 0.416 e. The summed E-state index contributed by atoms with van der Waals surface area (Å²) in [5.74, 6) is 0.236. The molecule has 0 aliphatic carbocycles. The van der Waals surface area contributed by atoms with Crippen LogP contribution in [0.1, 0.15) is 30.9 Å². The first-order chi connectivity index (χ1) is 12.3. The van der Waals surface area contributed by atoms with Crippen molar-refractivity contribution in [2.24, 2.45) is 10.7 Å². The zero-order valence-electron chi connectivity index (χ0n) is 15.0. The number of carbonyl (C=O) groups is 1. The van der Waals surface area contributed by atoms with Crippen LogP contribution < -0.4 is 11.1 Å². The molecule has 1 aliphatic rings. The minimum absolute atomic E-state index is 0. The Balaban J connectivity index is 0.00000364. The number of hydrogen-bond donors (Lipinski definition) is 2. The monoisotopic (exact) mass is 500 g/mol. The average molecular weight is 500 g/mol. The van der Waals surface area contributed by atoms with E-state index < -0.39 is 11.7 Å². The van der Waals surface area contributed by atoms with E-state index in [0.29, 0.717) is 25.3 Å². The topological polar surface area (TPSA) is 80.0 Å². The number of nitrogens with zero attached hydrogens (tertiary/aromatic N) is 2. The van der Waals surface area contributed by atoms with Gasteiger partial charge in [-0.3, -0.25) is 0 Å². The molecule has 3 N–H and O–H groups in total. The number of amides is 1. The molecule has 1 aromatic carbocycles. The summed E-state index contributed by atoms with van der Waals surface area (Å²) in [5, 5.41) is 3.09. The van der Waals surface area contributed by atoms with Crippen molar-refractivity contribution in [1.29, 1.82) is 0 Å². The Kier molecular flexibility index (Phi) is 9.13. The van der Waals surface area contributed by atoms with Crippen LogP contribution in [0.25, 0.3) is 0 Å². The second-order valence-electron chi connectivity index (χ2n) is 6.00. The van der Waals surface area contributed by atoms with Gasteiger partial charge in [-0.15, -0.1) is 24.0 Å². The van der Waals surface area contributed by atoms with Gasteiger partial charge in [-0.05, 0) is 37.5 Å². The van der Waals surface area contributed by atoms with Crippen molar-refractivity contribution < 1.29 is 22.7 Å². The molecule has 1 aromatic rings. The summed E-state index contributed by atoms with van der Waals surface area (Å²) in [6.45, 7) is 3.45. The van der Waals surface area contributed by atoms with Crippen molar-refractivity contribution in [3.63, 3.8) is 0 Å². The highest BCUT2D eigenvalue weighted by Crippen LogP contribution is 2.29. The predicted molar refractivity (Wildman–Crippen MR) is 107 cm³/mol. The van der Waals surface area contributed by atoms with Gasteiger partial charge in [-0.1, -0.05) is 12.1 Å². The number of aliphatic imine (C=N–C) groups is 1. The molecule has 152 valence electrons. The van der Waals surface area contributed by atoms with E-state index in [1.54, 1.807) is 11.8 Å². The molecule has 0 unspecified atom stereocenters. The average Bonchev–Trinajstić information content (AvgIpc) is 2.60. The van der Waals surface area contributed by atoms with Crippen LogP contribution in [0.4, 0.5) is 18.0 Å². The number of carbonyl (C=O) groups excluding carboxylic acids is 1. The van der Waals surface area contributed by atoms with Gasteiger partial charge < -0.3 is 20.7 Å². The van der Waals surface area contributed by atoms with E-state index in [9.17, 15) is 18.0 Å². The largest absolute Gasteiger partial charge is 0.450 e. The molecule has 0 spiro atoms. The van der Waals surface area contributed by atoms with E-state index in [0.717, 1.165) is 25.0 Å². The smallest absolute Gasteiger partial charge is 0.416 e. The van der Waals surface area contributed by atoms with Crippen molar-refractivity contribution in [1.82, 2.24) is 10.2 Å². The van der Waals surface area contributed by atoms with Crippen molar-refractivity contribution in [3.05, 3.63) is 35.4 Å². The van der Waals surface area contributed by atoms with Gasteiger partial charge in [0.15, 0.2) is 5.96 Å². The zero-order chi connectivity index (χ0) is 19.2. The Morgan fingerprint density at radius 3 is 2.41 bits per heavy atom. The van der Waals surface area contributed by atoms with Crippen LogP contribution >= 0.6 is 24.0 Å². The van der Waals surface area contributed by atoms with Crippen LogP contribution in [-0.4, -0.2) is 42.7 Å². The normalized spacial score (nSPS) is 15.9. The summed E-state index contributed by atoms with van der Waals surface area (Å²) in [5.41, 5.74) is 5.80. The number of guanidine groups is 1. The van der Waals surface area contributed by atoms with Gasteiger partial charge in [0.1, 0.15) is 0 Å². The Morgan fingerprint density at radius 1 is 1.30 bits per heavy atom. The third-order valence-electron chi connectivity index (χ3n) is 4.09. The van der Waals surface area contributed by atoms with Crippen molar-refractivity contribution in [3.8, 4) is 0 Å². The lowest BCUT2D eigenvalue weighted by molar-refractivity contribution is -0.137. The van der Waals surface area contributed by atoms with Gasteiger partial charge in [0.2, 0.25) is 0 Å². The van der Waals surface area contributed by atoms with E-state index in [4.69, 9.17) is 10.5 Å². The highest BCUT2D eigenvalue weighted by Gasteiger charge is 2.29. The standard InChI is InChI=1S/C17H23F3N4O2.HI/c1-2-26-16(25)24-9-7-14(8-10-24)23-15(21)22-11-12-3-5-13(6-4-12)17(18,19)20;/h3-6,14H,2,7-11H2,1H3,(H3,21,22,23);1H. The molecular formula is C17H24F3IN4O2. The predicted octanol–water partition coefficient (Wildman–Crippen LogP) is 3.35. The zero-order valence-corrected chi connectivity index (χ0v) is 17.3. The fraction of sp³-hybridized carbons (Fsp3) is 0.529. The number of ether oxygens (including phenoxy) is 1. The first-order valence-electron chi connectivity index (χ1n) is 8.44. The third kappa shape index (κ3) is 7.43. The summed E-state index contributed by atoms with van der Waals surface area (Å²) in [4.78, 5) is 17.4. The van der Waals surface area contributed by atoms with E-state index >= 15 is 0 Å². The van der Waals surface area contributed by atoms with E-state index in [2.05, 4.69) is 10.3 Å². The number of hydrogen-bond acceptors (Lipinski definition) is 3. The molecule has 1 heterocycles. The molecule has 1 amide bonds. The van der Waals surface area contributed by atoms with Crippen LogP contribution in [0.5, 0.6) is 0 Å². The van der Waals surface area contributed by atoms with Gasteiger partial charge in [0.25, 0.3) is 0 Å². The second-order valence-corrected chi connectivity index (χ2v) is 6.00. The molecule has 1 aliphatic heterocycles. The minimum atomic E-state index is -4.35. The number of nitrogens with one attached hydrogen (secondary N) is 1. The van der Waals surface area contributed by atoms with Gasteiger partial charge >= 0.3 is 12.3 Å². The lowest BCUT2D eigenvalue weighted by atomic mass is 10.1. The Morgan fingerprint density at radius 2 is 1.89 bits per heavy atom. The van der Waals surface area contributed by atoms with Crippen LogP contribution in [-0.2, 0) is 17.5 Å². The quantitative estimate of drug-likeness (QED) is 0.378. The first kappa shape index (κ1) is 23.3. The number of alkyl halides is 3. The van der Waals surface area contributed by atoms with E-state index in [-0.39, 0.29) is 48.6 Å². The molecule has 0 saturated carbocycles. The molecule has 0 atom stereocenters. The SMILES string of the molecule is CCOC(=O)N1CCC(NC(N)=NCc2ccc(C(F)(F)F)cc2)CC1.I. The molecular weight excluding hydrogens is 476 g/mol. The molecule has 0 radical (unpaired) electrons. The van der Waals surface area contributed by atoms with Crippen LogP contribution in [0.15, 0.2) is 29.3 Å². The molecule has 1 saturated heterocycles. The van der Waals surface area contributed by atoms with Crippen molar-refractivity contribution >= 4 is 36.0 Å². The number of halogens is 4. The molecule has 27 heavy (non-hydrogen) atoms. The van der Waals surface area contributed by atoms with Gasteiger partial charge in [0.05, 0.1) is 18.7 Å². The lowest BCUT2D eigenvalue weighted by Gasteiger charge is -2.31. The Labute approximate surface area is 173 Å². The molecule has 0 aromatic heterocycles. The molecule has 10 heteroatoms. The number of benzene rings is 1. The molecule has 2 rings (SSSR count). The number of likely N-dealkylation sites (tertiary alicyclic amines) is 1. The van der Waals surface area contributed by atoms with E-state index in [1.165, 1.54) is 12.1 Å². The van der Waals surface area contributed by atoms with Gasteiger partial charge in [0, 0.05) is 19.1 Å². The highest BCUT2D eigenvalue weighted by molar-refractivity contribution is 14.0. The number of nitrogens with two attached hydrogens (primary N) is 1. The molecule has 0 bridgehead atoms. The first-order valence-corrected chi connectivity index (χ1v) is 8.44. The van der Waals surface area contributed by atoms with Crippen LogP contribution in [0, 0.1) is 0 Å².